The highest BCUT2D eigenvalue weighted by Gasteiger charge is 2.18. The van der Waals surface area contributed by atoms with Crippen molar-refractivity contribution in [3.8, 4) is 0 Å². The minimum Gasteiger partial charge on any atom is -0.462 e. The molecule has 0 radical (unpaired) electrons. The van der Waals surface area contributed by atoms with E-state index in [1.807, 2.05) is 18.2 Å². The first-order chi connectivity index (χ1) is 8.39. The predicted molar refractivity (Wildman–Crippen MR) is 78.6 cm³/mol. The van der Waals surface area contributed by atoms with Gasteiger partial charge >= 0.3 is 0 Å². The maximum Gasteiger partial charge on any atom is 0.157 e. The Kier molecular flexibility index (Phi) is 3.54. The Labute approximate surface area is 108 Å². The Hall–Kier alpha value is -1.21. The van der Waals surface area contributed by atoms with Crippen LogP contribution in [0, 0.1) is 5.92 Å². The van der Waals surface area contributed by atoms with Crippen LogP contribution in [0.1, 0.15) is 13.8 Å². The predicted octanol–water partition coefficient (Wildman–Crippen LogP) is 3.75. The van der Waals surface area contributed by atoms with Crippen molar-refractivity contribution < 1.29 is 8.98 Å². The molecule has 1 heterocycles. The molecule has 0 aliphatic heterocycles. The second kappa shape index (κ2) is 4.81. The molecule has 1 aromatic carbocycles. The molecular weight excluding hydrogens is 245 g/mol. The molecule has 3 nitrogen and oxygen atoms in total. The number of nitrogens with one attached hydrogen (secondary N) is 1. The molecule has 0 amide bonds. The van der Waals surface area contributed by atoms with Crippen LogP contribution in [0.2, 0.25) is 0 Å². The number of benzene rings is 1. The van der Waals surface area contributed by atoms with Gasteiger partial charge in [-0.25, -0.2) is 0 Å². The zero-order valence-electron chi connectivity index (χ0n) is 11.4. The fourth-order valence-corrected chi connectivity index (χ4v) is 3.16. The lowest BCUT2D eigenvalue weighted by atomic mass is 10.2. The normalized spacial score (nSPS) is 12.3. The van der Waals surface area contributed by atoms with Crippen molar-refractivity contribution in [2.24, 2.45) is 5.92 Å². The summed E-state index contributed by atoms with van der Waals surface area (Å²) in [5.41, 5.74) is 1.78. The first-order valence-electron chi connectivity index (χ1n) is 6.19. The monoisotopic (exact) mass is 265 g/mol. The highest BCUT2D eigenvalue weighted by Crippen LogP contribution is 2.39. The van der Waals surface area contributed by atoms with Crippen molar-refractivity contribution in [1.82, 2.24) is 0 Å². The molecule has 0 atom stereocenters. The van der Waals surface area contributed by atoms with Crippen LogP contribution in [0.4, 0.5) is 5.69 Å². The van der Waals surface area contributed by atoms with Gasteiger partial charge in [0.05, 0.1) is 12.0 Å². The number of fused-ring (bicyclic) bond motifs is 1. The zero-order valence-corrected chi connectivity index (χ0v) is 12.3. The third-order valence-corrected chi connectivity index (χ3v) is 4.42. The molecule has 2 aromatic rings. The van der Waals surface area contributed by atoms with E-state index >= 15 is 0 Å². The van der Waals surface area contributed by atoms with E-state index in [0.29, 0.717) is 5.92 Å². The number of hydrogen-bond acceptors (Lipinski definition) is 3. The average Bonchev–Trinajstić information content (AvgIpc) is 2.72. The first-order valence-corrected chi connectivity index (χ1v) is 8.79. The largest absolute Gasteiger partial charge is 0.462 e. The summed E-state index contributed by atoms with van der Waals surface area (Å²) in [5, 5.41) is 5.21. The maximum atomic E-state index is 12.2. The van der Waals surface area contributed by atoms with Crippen LogP contribution in [-0.2, 0) is 4.57 Å². The van der Waals surface area contributed by atoms with Gasteiger partial charge in [0, 0.05) is 17.2 Å². The van der Waals surface area contributed by atoms with Crippen LogP contribution in [0.5, 0.6) is 0 Å². The molecule has 0 spiro atoms. The second-order valence-electron chi connectivity index (χ2n) is 5.42. The van der Waals surface area contributed by atoms with Gasteiger partial charge in [0.25, 0.3) is 0 Å². The van der Waals surface area contributed by atoms with Crippen molar-refractivity contribution in [2.45, 2.75) is 13.8 Å². The summed E-state index contributed by atoms with van der Waals surface area (Å²) < 4.78 is 17.8. The summed E-state index contributed by atoms with van der Waals surface area (Å²) in [5.74, 6) is 0.568. The number of anilines is 1. The van der Waals surface area contributed by atoms with Crippen LogP contribution in [0.3, 0.4) is 0 Å². The first kappa shape index (κ1) is 13.2. The minimum atomic E-state index is -2.28. The summed E-state index contributed by atoms with van der Waals surface area (Å²) in [4.78, 5) is 0. The van der Waals surface area contributed by atoms with Gasteiger partial charge in [-0.1, -0.05) is 13.8 Å². The van der Waals surface area contributed by atoms with E-state index < -0.39 is 7.14 Å². The standard InChI is InChI=1S/C14H20NO2P/c1-10(2)9-15-12-5-6-13(18(3,4)16)11-7-8-17-14(11)12/h5-8,10,15H,9H2,1-4H3. The Balaban J connectivity index is 2.47. The van der Waals surface area contributed by atoms with Crippen LogP contribution in [-0.4, -0.2) is 19.9 Å². The molecule has 1 N–H and O–H groups in total. The number of furan rings is 1. The molecule has 0 saturated carbocycles. The van der Waals surface area contributed by atoms with E-state index in [0.717, 1.165) is 28.5 Å². The molecule has 1 aromatic heterocycles. The Bertz CT molecular complexity index is 595. The van der Waals surface area contributed by atoms with Crippen LogP contribution >= 0.6 is 7.14 Å². The number of hydrogen-bond donors (Lipinski definition) is 1. The van der Waals surface area contributed by atoms with Gasteiger partial charge in [-0.05, 0) is 37.4 Å². The van der Waals surface area contributed by atoms with E-state index in [-0.39, 0.29) is 0 Å². The third kappa shape index (κ3) is 2.62. The SMILES string of the molecule is CC(C)CNc1ccc(P(C)(C)=O)c2ccoc12. The smallest absolute Gasteiger partial charge is 0.157 e. The van der Waals surface area contributed by atoms with Gasteiger partial charge in [0.2, 0.25) is 0 Å². The fraction of sp³-hybridized carbons (Fsp3) is 0.429. The van der Waals surface area contributed by atoms with Crippen molar-refractivity contribution in [3.05, 3.63) is 24.5 Å². The Morgan fingerprint density at radius 3 is 2.61 bits per heavy atom. The van der Waals surface area contributed by atoms with E-state index in [9.17, 15) is 4.57 Å². The average molecular weight is 265 g/mol. The molecule has 0 bridgehead atoms. The minimum absolute atomic E-state index is 0.568. The highest BCUT2D eigenvalue weighted by molar-refractivity contribution is 7.70. The van der Waals surface area contributed by atoms with Crippen molar-refractivity contribution in [2.75, 3.05) is 25.2 Å². The Morgan fingerprint density at radius 1 is 1.28 bits per heavy atom. The van der Waals surface area contributed by atoms with Gasteiger partial charge in [0.15, 0.2) is 5.58 Å². The lowest BCUT2D eigenvalue weighted by Crippen LogP contribution is -2.10. The van der Waals surface area contributed by atoms with Crippen LogP contribution in [0.15, 0.2) is 28.9 Å². The molecule has 0 aliphatic carbocycles. The van der Waals surface area contributed by atoms with Gasteiger partial charge in [-0.2, -0.15) is 0 Å². The molecule has 0 saturated heterocycles. The molecule has 2 rings (SSSR count). The zero-order chi connectivity index (χ0) is 13.3. The summed E-state index contributed by atoms with van der Waals surface area (Å²) >= 11 is 0. The third-order valence-electron chi connectivity index (χ3n) is 2.87. The van der Waals surface area contributed by atoms with Crippen LogP contribution in [0.25, 0.3) is 11.0 Å². The van der Waals surface area contributed by atoms with Crippen molar-refractivity contribution >= 4 is 29.1 Å². The van der Waals surface area contributed by atoms with E-state index in [1.54, 1.807) is 19.6 Å². The topological polar surface area (TPSA) is 42.2 Å². The molecule has 0 fully saturated rings. The quantitative estimate of drug-likeness (QED) is 0.856. The van der Waals surface area contributed by atoms with E-state index in [2.05, 4.69) is 19.2 Å². The summed E-state index contributed by atoms with van der Waals surface area (Å²) in [6.45, 7) is 8.79. The second-order valence-corrected chi connectivity index (χ2v) is 8.60. The summed E-state index contributed by atoms with van der Waals surface area (Å²) in [7, 11) is -2.28. The molecular formula is C14H20NO2P. The molecule has 18 heavy (non-hydrogen) atoms. The molecule has 0 aliphatic rings. The molecule has 4 heteroatoms. The lowest BCUT2D eigenvalue weighted by molar-refractivity contribution is 0.588. The van der Waals surface area contributed by atoms with Gasteiger partial charge in [-0.15, -0.1) is 0 Å². The Morgan fingerprint density at radius 2 is 2.00 bits per heavy atom. The van der Waals surface area contributed by atoms with E-state index in [4.69, 9.17) is 4.42 Å². The van der Waals surface area contributed by atoms with Gasteiger partial charge < -0.3 is 14.3 Å². The number of rotatable bonds is 4. The van der Waals surface area contributed by atoms with Crippen molar-refractivity contribution in [3.63, 3.8) is 0 Å². The highest BCUT2D eigenvalue weighted by atomic mass is 31.2. The van der Waals surface area contributed by atoms with E-state index in [1.165, 1.54) is 0 Å². The lowest BCUT2D eigenvalue weighted by Gasteiger charge is -2.13. The summed E-state index contributed by atoms with van der Waals surface area (Å²) in [6.07, 6.45) is 1.66. The fourth-order valence-electron chi connectivity index (χ4n) is 1.97. The van der Waals surface area contributed by atoms with Crippen molar-refractivity contribution in [1.29, 1.82) is 0 Å². The maximum absolute atomic E-state index is 12.2. The van der Waals surface area contributed by atoms with Crippen LogP contribution < -0.4 is 10.6 Å². The molecule has 98 valence electrons. The molecule has 0 unspecified atom stereocenters. The summed E-state index contributed by atoms with van der Waals surface area (Å²) in [6, 6.07) is 5.80. The van der Waals surface area contributed by atoms with Gasteiger partial charge in [-0.3, -0.25) is 0 Å². The van der Waals surface area contributed by atoms with Gasteiger partial charge in [0.1, 0.15) is 7.14 Å².